The van der Waals surface area contributed by atoms with Gasteiger partial charge in [-0.3, -0.25) is 9.59 Å². The van der Waals surface area contributed by atoms with Gasteiger partial charge in [0.25, 0.3) is 17.1 Å². The Labute approximate surface area is 534 Å². The molecule has 0 radical (unpaired) electrons. The average Bonchev–Trinajstić information content (AvgIpc) is 1.54. The number of nitrogens with zero attached hydrogens (tertiary/aromatic N) is 6. The summed E-state index contributed by atoms with van der Waals surface area (Å²) in [7, 11) is 0. The molecule has 8 heteroatoms. The summed E-state index contributed by atoms with van der Waals surface area (Å²) in [5.41, 5.74) is 18.1. The van der Waals surface area contributed by atoms with Crippen molar-refractivity contribution in [1.29, 1.82) is 15.8 Å². The van der Waals surface area contributed by atoms with Crippen molar-refractivity contribution in [1.82, 2.24) is 0 Å². The molecule has 0 N–H and O–H groups in total. The summed E-state index contributed by atoms with van der Waals surface area (Å²) >= 11 is 0. The fraction of sp³-hybridized carbons (Fsp3) is 0. The van der Waals surface area contributed by atoms with Crippen LogP contribution in [0.2, 0.25) is 0 Å². The van der Waals surface area contributed by atoms with Gasteiger partial charge in [-0.15, -0.1) is 0 Å². The van der Waals surface area contributed by atoms with E-state index >= 15 is 0 Å². The van der Waals surface area contributed by atoms with E-state index in [9.17, 15) is 9.59 Å². The first-order chi connectivity index (χ1) is 45.3. The van der Waals surface area contributed by atoms with Gasteiger partial charge in [-0.25, -0.2) is 30.3 Å². The predicted molar refractivity (Wildman–Crippen MR) is 362 cm³/mol. The Morgan fingerprint density at radius 2 is 0.348 bits per heavy atom. The van der Waals surface area contributed by atoms with Crippen molar-refractivity contribution < 1.29 is 9.59 Å². The lowest BCUT2D eigenvalue weighted by Gasteiger charge is -2.22. The van der Waals surface area contributed by atoms with E-state index in [4.69, 9.17) is 35.5 Å². The number of hydrogen-bond acceptors (Lipinski definition) is 5. The molecule has 0 aliphatic heterocycles. The van der Waals surface area contributed by atoms with Crippen LogP contribution in [0.25, 0.3) is 42.4 Å². The molecule has 0 unspecified atom stereocenters. The smallest absolute Gasteiger partial charge is 0.276 e. The van der Waals surface area contributed by atoms with Gasteiger partial charge in [-0.2, -0.15) is 0 Å². The molecule has 0 atom stereocenters. The average molecular weight is 1180 g/mol. The number of allylic oxidation sites excluding steroid dienone is 11. The standard InChI is InChI=1S/C70H50.C14N6O2/c1-11-31-51(32-12-1)61(52-33-13-2-14-34-52)66-67(62(53-35-15-3-16-36-53)54-37-17-4-18-38-54)69(64(57-43-23-7-24-44-57)58-45-25-8-26-46-58)70(65(59-47-27-9-28-48-59)60-49-29-10-30-50-60)68(66)63(55-39-19-5-20-40-55)56-41-21-6-22-42-56;1-18-7(4-15)10-11(8(5-16)19-2)14(22)12(13(10)21)9(6-17)20-3/h1-50H;/b;10-7-,11-8+,12-9?. The molecular weight excluding hydrogens is 1120 g/mol. The molecule has 0 bridgehead atoms. The summed E-state index contributed by atoms with van der Waals surface area (Å²) < 4.78 is 0. The second-order valence-corrected chi connectivity index (χ2v) is 20.9. The van der Waals surface area contributed by atoms with Crippen molar-refractivity contribution in [3.8, 4) is 18.2 Å². The normalized spacial score (nSPS) is 13.9. The summed E-state index contributed by atoms with van der Waals surface area (Å²) in [5, 5.41) is 26.5. The monoisotopic (exact) mass is 1170 g/mol. The number of rotatable bonds is 10. The van der Waals surface area contributed by atoms with Crippen LogP contribution in [0.15, 0.2) is 365 Å². The van der Waals surface area contributed by atoms with Crippen molar-refractivity contribution in [3.05, 3.63) is 455 Å². The van der Waals surface area contributed by atoms with Crippen LogP contribution in [0, 0.1) is 53.7 Å². The molecule has 0 aromatic heterocycles. The largest absolute Gasteiger partial charge is 0.291 e. The van der Waals surface area contributed by atoms with E-state index in [1.165, 1.54) is 18.2 Å². The maximum atomic E-state index is 12.2. The van der Waals surface area contributed by atoms with Crippen molar-refractivity contribution in [2.75, 3.05) is 0 Å². The minimum Gasteiger partial charge on any atom is -0.291 e. The lowest BCUT2D eigenvalue weighted by molar-refractivity contribution is -0.115. The van der Waals surface area contributed by atoms with Crippen molar-refractivity contribution >= 4 is 39.4 Å². The molecule has 0 amide bonds. The molecule has 2 aliphatic rings. The van der Waals surface area contributed by atoms with Crippen LogP contribution in [0.3, 0.4) is 0 Å². The Balaban J connectivity index is 0.000000336. The Bertz CT molecular complexity index is 4120. The first-order valence-electron chi connectivity index (χ1n) is 29.3. The topological polar surface area (TPSA) is 119 Å². The quantitative estimate of drug-likeness (QED) is 0.0585. The maximum absolute atomic E-state index is 12.2. The van der Waals surface area contributed by atoms with Crippen LogP contribution >= 0.6 is 0 Å². The van der Waals surface area contributed by atoms with Gasteiger partial charge in [-0.05, 0) is 111 Å². The molecule has 10 aromatic carbocycles. The molecule has 2 fully saturated rings. The summed E-state index contributed by atoms with van der Waals surface area (Å²) in [4.78, 5) is 32.7. The zero-order chi connectivity index (χ0) is 63.8. The third kappa shape index (κ3) is 12.0. The molecule has 0 saturated heterocycles. The number of carbonyl (C=O) groups excluding carboxylic acids is 2. The van der Waals surface area contributed by atoms with E-state index in [0.717, 1.165) is 111 Å². The van der Waals surface area contributed by atoms with Crippen LogP contribution in [-0.4, -0.2) is 11.6 Å². The van der Waals surface area contributed by atoms with Crippen molar-refractivity contribution in [2.45, 2.75) is 0 Å². The number of carbonyl (C=O) groups is 2. The molecule has 10 aromatic rings. The Hall–Kier alpha value is -13.6. The van der Waals surface area contributed by atoms with Gasteiger partial charge in [0.05, 0.1) is 43.5 Å². The molecular formula is C84H50N6O2. The predicted octanol–water partition coefficient (Wildman–Crippen LogP) is 18.7. The highest BCUT2D eigenvalue weighted by molar-refractivity contribution is 6.43. The molecule has 12 rings (SSSR count). The highest BCUT2D eigenvalue weighted by Gasteiger charge is 2.44. The van der Waals surface area contributed by atoms with Gasteiger partial charge in [0.1, 0.15) is 0 Å². The third-order valence-corrected chi connectivity index (χ3v) is 15.6. The number of benzene rings is 10. The summed E-state index contributed by atoms with van der Waals surface area (Å²) in [6.45, 7) is 20.5. The van der Waals surface area contributed by atoms with Gasteiger partial charge in [0.15, 0.2) is 11.6 Å². The van der Waals surface area contributed by atoms with E-state index in [1.807, 2.05) is 0 Å². The second-order valence-electron chi connectivity index (χ2n) is 20.9. The fourth-order valence-corrected chi connectivity index (χ4v) is 11.9. The van der Waals surface area contributed by atoms with Crippen molar-refractivity contribution in [2.24, 2.45) is 0 Å². The summed E-state index contributed by atoms with van der Waals surface area (Å²) in [6, 6.07) is 115. The number of nitriles is 3. The molecule has 428 valence electrons. The van der Waals surface area contributed by atoms with Gasteiger partial charge in [0.2, 0.25) is 0 Å². The van der Waals surface area contributed by atoms with E-state index in [0.29, 0.717) is 0 Å². The van der Waals surface area contributed by atoms with Gasteiger partial charge in [0, 0.05) is 11.1 Å². The van der Waals surface area contributed by atoms with Gasteiger partial charge in [-0.1, -0.05) is 303 Å². The minimum absolute atomic E-state index is 0.721. The molecule has 0 heterocycles. The molecule has 2 saturated carbocycles. The van der Waals surface area contributed by atoms with Crippen LogP contribution in [0.4, 0.5) is 0 Å². The van der Waals surface area contributed by atoms with Crippen LogP contribution < -0.4 is 0 Å². The number of ketones is 2. The SMILES string of the molecule is [C-]#[N+]C(C#N)=C1C(=O)C(=C(/C#N)[N+]#[C-])/C(=C(/C#N)[N+]#[C-])C1=O.c1ccc(C(=C2C(=C(c3ccccc3)c3ccccc3)C(=C(c3ccccc3)c3ccccc3)C(=C(c3ccccc3)c3ccccc3)C2=C(c2ccccc2)c2ccccc2)c2ccccc2)cc1. The first kappa shape index (κ1) is 60.1. The van der Waals surface area contributed by atoms with E-state index in [-0.39, 0.29) is 0 Å². The minimum atomic E-state index is -1.18. The van der Waals surface area contributed by atoms with Crippen LogP contribution in [0.5, 0.6) is 0 Å². The zero-order valence-corrected chi connectivity index (χ0v) is 49.4. The molecule has 2 aliphatic carbocycles. The molecule has 0 spiro atoms. The Morgan fingerprint density at radius 1 is 0.217 bits per heavy atom. The maximum Gasteiger partial charge on any atom is 0.276 e. The van der Waals surface area contributed by atoms with Gasteiger partial charge >= 0.3 is 0 Å². The Kier molecular flexibility index (Phi) is 18.5. The highest BCUT2D eigenvalue weighted by atomic mass is 16.2. The lowest BCUT2D eigenvalue weighted by atomic mass is 9.80. The fourth-order valence-electron chi connectivity index (χ4n) is 11.9. The first-order valence-corrected chi connectivity index (χ1v) is 29.3. The van der Waals surface area contributed by atoms with E-state index in [1.54, 1.807) is 0 Å². The van der Waals surface area contributed by atoms with E-state index in [2.05, 4.69) is 318 Å². The highest BCUT2D eigenvalue weighted by Crippen LogP contribution is 2.60. The summed E-state index contributed by atoms with van der Waals surface area (Å²) in [6.07, 6.45) is 0. The summed E-state index contributed by atoms with van der Waals surface area (Å²) in [5.74, 6) is -2.37. The lowest BCUT2D eigenvalue weighted by Crippen LogP contribution is -2.03. The molecule has 8 nitrogen and oxygen atoms in total. The molecule has 92 heavy (non-hydrogen) atoms. The zero-order valence-electron chi connectivity index (χ0n) is 49.4. The Morgan fingerprint density at radius 3 is 0.467 bits per heavy atom. The number of hydrogen-bond donors (Lipinski definition) is 0. The van der Waals surface area contributed by atoms with Gasteiger partial charge < -0.3 is 0 Å². The van der Waals surface area contributed by atoms with Crippen molar-refractivity contribution in [3.63, 3.8) is 0 Å². The second kappa shape index (κ2) is 28.3. The van der Waals surface area contributed by atoms with Crippen LogP contribution in [0.1, 0.15) is 55.6 Å². The third-order valence-electron chi connectivity index (χ3n) is 15.6. The number of Topliss-reactive ketones (excluding diaryl/α,β-unsaturated/α-hetero) is 2. The van der Waals surface area contributed by atoms with E-state index < -0.39 is 45.4 Å². The van der Waals surface area contributed by atoms with Crippen LogP contribution in [-0.2, 0) is 9.59 Å².